The van der Waals surface area contributed by atoms with Crippen LogP contribution in [-0.2, 0) is 13.5 Å². The van der Waals surface area contributed by atoms with Gasteiger partial charge in [0.05, 0.1) is 29.0 Å². The van der Waals surface area contributed by atoms with Crippen molar-refractivity contribution >= 4 is 11.7 Å². The summed E-state index contributed by atoms with van der Waals surface area (Å²) < 4.78 is 1.85. The average Bonchev–Trinajstić information content (AvgIpc) is 3.39. The van der Waals surface area contributed by atoms with Crippen molar-refractivity contribution in [2.45, 2.75) is 50.7 Å². The van der Waals surface area contributed by atoms with Crippen molar-refractivity contribution in [3.05, 3.63) is 59.4 Å². The van der Waals surface area contributed by atoms with Crippen LogP contribution in [0.3, 0.4) is 0 Å². The zero-order valence-corrected chi connectivity index (χ0v) is 18.4. The lowest BCUT2D eigenvalue weighted by atomic mass is 9.96. The predicted octanol–water partition coefficient (Wildman–Crippen LogP) is 3.07. The lowest BCUT2D eigenvalue weighted by molar-refractivity contribution is 0.441. The summed E-state index contributed by atoms with van der Waals surface area (Å²) in [5.41, 5.74) is 17.0. The van der Waals surface area contributed by atoms with Crippen molar-refractivity contribution in [1.29, 1.82) is 5.26 Å². The van der Waals surface area contributed by atoms with Crippen molar-refractivity contribution in [3.63, 3.8) is 0 Å². The van der Waals surface area contributed by atoms with Gasteiger partial charge in [-0.25, -0.2) is 0 Å². The minimum Gasteiger partial charge on any atom is -0.385 e. The Morgan fingerprint density at radius 1 is 1.28 bits per heavy atom. The maximum atomic E-state index is 9.53. The summed E-state index contributed by atoms with van der Waals surface area (Å²) in [6.45, 7) is 0. The second-order valence-corrected chi connectivity index (χ2v) is 8.36. The topological polar surface area (TPSA) is 134 Å². The normalized spacial score (nSPS) is 16.0. The standard InChI is InChI=1S/C24H30N8/c1-32-20(11-12-29-32)17-9-7-16(8-10-17)13-21(26)31-24(30-19-5-3-2-4-6-19)22-18(14-25)15-28-23(22)27/h7-12,15,19,21,28H,2-6,13,26-27H2,1H3,(H,30,31). The molecule has 0 amide bonds. The highest BCUT2D eigenvalue weighted by Gasteiger charge is 2.21. The van der Waals surface area contributed by atoms with Crippen LogP contribution in [0.2, 0.25) is 0 Å². The molecule has 0 spiro atoms. The third-order valence-corrected chi connectivity index (χ3v) is 6.00. The summed E-state index contributed by atoms with van der Waals surface area (Å²) in [6.07, 6.45) is 9.32. The van der Waals surface area contributed by atoms with Gasteiger partial charge in [-0.3, -0.25) is 9.67 Å². The number of benzene rings is 1. The number of aromatic amines is 1. The first-order valence-corrected chi connectivity index (χ1v) is 11.1. The van der Waals surface area contributed by atoms with Crippen LogP contribution in [0.25, 0.3) is 11.3 Å². The molecule has 4 rings (SSSR count). The molecule has 0 radical (unpaired) electrons. The first-order chi connectivity index (χ1) is 15.5. The van der Waals surface area contributed by atoms with Gasteiger partial charge in [0.25, 0.3) is 0 Å². The van der Waals surface area contributed by atoms with Crippen LogP contribution in [0.5, 0.6) is 0 Å². The average molecular weight is 431 g/mol. The van der Waals surface area contributed by atoms with Crippen LogP contribution in [-0.4, -0.2) is 32.8 Å². The Hall–Kier alpha value is -3.57. The van der Waals surface area contributed by atoms with Gasteiger partial charge in [0.15, 0.2) is 0 Å². The van der Waals surface area contributed by atoms with Crippen LogP contribution in [0.4, 0.5) is 5.82 Å². The van der Waals surface area contributed by atoms with Crippen LogP contribution in [0.15, 0.2) is 47.7 Å². The number of aryl methyl sites for hydroxylation is 1. The zero-order valence-electron chi connectivity index (χ0n) is 18.4. The van der Waals surface area contributed by atoms with Crippen LogP contribution in [0, 0.1) is 11.3 Å². The number of rotatable bonds is 6. The van der Waals surface area contributed by atoms with Gasteiger partial charge >= 0.3 is 0 Å². The lowest BCUT2D eigenvalue weighted by Gasteiger charge is -2.22. The molecule has 32 heavy (non-hydrogen) atoms. The molecule has 2 heterocycles. The van der Waals surface area contributed by atoms with E-state index in [0.717, 1.165) is 29.7 Å². The van der Waals surface area contributed by atoms with E-state index in [0.29, 0.717) is 29.2 Å². The van der Waals surface area contributed by atoms with Crippen molar-refractivity contribution in [2.75, 3.05) is 5.73 Å². The smallest absolute Gasteiger partial charge is 0.134 e. The summed E-state index contributed by atoms with van der Waals surface area (Å²) >= 11 is 0. The number of nitrogens with one attached hydrogen (secondary N) is 2. The number of aliphatic imine (C=N–C) groups is 1. The SMILES string of the molecule is Cn1nccc1-c1ccc(CC(N)NC(=NC2CCCCC2)c2c(C#N)c[nH]c2N)cc1. The zero-order chi connectivity index (χ0) is 22.5. The Balaban J connectivity index is 1.51. The Labute approximate surface area is 188 Å². The molecule has 3 aromatic rings. The molecule has 166 valence electrons. The number of nitrogen functional groups attached to an aromatic ring is 1. The number of amidine groups is 1. The molecule has 1 unspecified atom stereocenters. The molecular weight excluding hydrogens is 400 g/mol. The number of nitriles is 1. The quantitative estimate of drug-likeness (QED) is 0.271. The molecule has 8 heteroatoms. The molecule has 1 aliphatic rings. The Morgan fingerprint density at radius 2 is 2.03 bits per heavy atom. The van der Waals surface area contributed by atoms with Crippen molar-refractivity contribution in [2.24, 2.45) is 17.8 Å². The van der Waals surface area contributed by atoms with E-state index in [-0.39, 0.29) is 12.2 Å². The second-order valence-electron chi connectivity index (χ2n) is 8.36. The van der Waals surface area contributed by atoms with Crippen molar-refractivity contribution in [1.82, 2.24) is 20.1 Å². The van der Waals surface area contributed by atoms with Gasteiger partial charge in [-0.05, 0) is 30.0 Å². The van der Waals surface area contributed by atoms with E-state index in [4.69, 9.17) is 16.5 Å². The third-order valence-electron chi connectivity index (χ3n) is 6.00. The van der Waals surface area contributed by atoms with Gasteiger partial charge < -0.3 is 21.8 Å². The largest absolute Gasteiger partial charge is 0.385 e. The van der Waals surface area contributed by atoms with Gasteiger partial charge in [0.2, 0.25) is 0 Å². The van der Waals surface area contributed by atoms with E-state index in [1.807, 2.05) is 17.8 Å². The minimum absolute atomic E-state index is 0.220. The first-order valence-electron chi connectivity index (χ1n) is 11.1. The first kappa shape index (κ1) is 21.7. The fourth-order valence-electron chi connectivity index (χ4n) is 4.30. The van der Waals surface area contributed by atoms with E-state index in [1.165, 1.54) is 19.3 Å². The predicted molar refractivity (Wildman–Crippen MR) is 127 cm³/mol. The fraction of sp³-hybridized carbons (Fsp3) is 0.375. The van der Waals surface area contributed by atoms with Crippen molar-refractivity contribution in [3.8, 4) is 17.3 Å². The maximum Gasteiger partial charge on any atom is 0.134 e. The third kappa shape index (κ3) is 4.84. The van der Waals surface area contributed by atoms with Gasteiger partial charge in [0, 0.05) is 25.9 Å². The molecule has 1 saturated carbocycles. The van der Waals surface area contributed by atoms with E-state index in [1.54, 1.807) is 12.4 Å². The monoisotopic (exact) mass is 430 g/mol. The number of nitrogens with zero attached hydrogens (tertiary/aromatic N) is 4. The fourth-order valence-corrected chi connectivity index (χ4v) is 4.30. The van der Waals surface area contributed by atoms with Gasteiger partial charge in [-0.2, -0.15) is 10.4 Å². The van der Waals surface area contributed by atoms with Gasteiger partial charge in [-0.1, -0.05) is 43.5 Å². The number of H-pyrrole nitrogens is 1. The molecule has 1 atom stereocenters. The second kappa shape index (κ2) is 9.71. The maximum absolute atomic E-state index is 9.53. The minimum atomic E-state index is -0.374. The molecule has 6 N–H and O–H groups in total. The highest BCUT2D eigenvalue weighted by Crippen LogP contribution is 2.23. The Bertz CT molecular complexity index is 1110. The van der Waals surface area contributed by atoms with Crippen molar-refractivity contribution < 1.29 is 0 Å². The van der Waals surface area contributed by atoms with Crippen LogP contribution >= 0.6 is 0 Å². The lowest BCUT2D eigenvalue weighted by Crippen LogP contribution is -2.44. The molecule has 2 aromatic heterocycles. The number of nitrogens with two attached hydrogens (primary N) is 2. The Morgan fingerprint density at radius 3 is 2.69 bits per heavy atom. The number of anilines is 1. The van der Waals surface area contributed by atoms with Gasteiger partial charge in [-0.15, -0.1) is 0 Å². The van der Waals surface area contributed by atoms with E-state index in [9.17, 15) is 5.26 Å². The molecule has 1 fully saturated rings. The molecule has 1 aliphatic carbocycles. The molecule has 0 aliphatic heterocycles. The Kier molecular flexibility index (Phi) is 6.57. The van der Waals surface area contributed by atoms with E-state index < -0.39 is 0 Å². The summed E-state index contributed by atoms with van der Waals surface area (Å²) in [5, 5.41) is 17.1. The number of hydrogen-bond acceptors (Lipinski definition) is 5. The summed E-state index contributed by atoms with van der Waals surface area (Å²) in [4.78, 5) is 7.89. The van der Waals surface area contributed by atoms with E-state index >= 15 is 0 Å². The number of hydrogen-bond donors (Lipinski definition) is 4. The van der Waals surface area contributed by atoms with E-state index in [2.05, 4.69) is 45.7 Å². The molecule has 0 bridgehead atoms. The van der Waals surface area contributed by atoms with Crippen LogP contribution < -0.4 is 16.8 Å². The summed E-state index contributed by atoms with van der Waals surface area (Å²) in [5.74, 6) is 1.03. The molecular formula is C24H30N8. The summed E-state index contributed by atoms with van der Waals surface area (Å²) in [6, 6.07) is 12.7. The number of aromatic nitrogens is 3. The highest BCUT2D eigenvalue weighted by atomic mass is 15.3. The summed E-state index contributed by atoms with van der Waals surface area (Å²) in [7, 11) is 1.93. The molecule has 1 aromatic carbocycles. The van der Waals surface area contributed by atoms with Gasteiger partial charge in [0.1, 0.15) is 17.7 Å². The molecule has 8 nitrogen and oxygen atoms in total. The van der Waals surface area contributed by atoms with Crippen LogP contribution in [0.1, 0.15) is 48.8 Å². The molecule has 0 saturated heterocycles. The highest BCUT2D eigenvalue weighted by molar-refractivity contribution is 6.05.